The Labute approximate surface area is 317 Å². The second-order valence-electron chi connectivity index (χ2n) is 13.9. The Morgan fingerprint density at radius 3 is 1.73 bits per heavy atom. The molecule has 0 aliphatic rings. The Balaban J connectivity index is 1.22. The van der Waals surface area contributed by atoms with E-state index in [0.717, 1.165) is 82.4 Å². The van der Waals surface area contributed by atoms with Gasteiger partial charge in [0.1, 0.15) is 11.2 Å². The van der Waals surface area contributed by atoms with Crippen molar-refractivity contribution < 1.29 is 4.42 Å². The zero-order valence-electron chi connectivity index (χ0n) is 29.6. The summed E-state index contributed by atoms with van der Waals surface area (Å²) in [6, 6.07) is 65.8. The number of hydrogen-bond donors (Lipinski definition) is 0. The Morgan fingerprint density at radius 1 is 0.309 bits per heavy atom. The lowest BCUT2D eigenvalue weighted by molar-refractivity contribution is 0.669. The van der Waals surface area contributed by atoms with E-state index in [-0.39, 0.29) is 0 Å². The van der Waals surface area contributed by atoms with Gasteiger partial charge in [0.2, 0.25) is 0 Å². The van der Waals surface area contributed by atoms with Gasteiger partial charge in [-0.05, 0) is 78.8 Å². The van der Waals surface area contributed by atoms with Crippen LogP contribution in [-0.4, -0.2) is 15.0 Å². The van der Waals surface area contributed by atoms with Crippen molar-refractivity contribution in [3.8, 4) is 56.4 Å². The van der Waals surface area contributed by atoms with Crippen LogP contribution in [0.5, 0.6) is 0 Å². The van der Waals surface area contributed by atoms with Crippen LogP contribution in [0.4, 0.5) is 0 Å². The molecule has 11 aromatic rings. The molecule has 0 saturated carbocycles. The molecule has 0 unspecified atom stereocenters. The minimum atomic E-state index is 0.554. The summed E-state index contributed by atoms with van der Waals surface area (Å²) in [6.45, 7) is 0. The molecule has 0 fully saturated rings. The highest BCUT2D eigenvalue weighted by Crippen LogP contribution is 2.42. The summed E-state index contributed by atoms with van der Waals surface area (Å²) in [5.41, 5.74) is 8.77. The van der Waals surface area contributed by atoms with E-state index in [1.54, 1.807) is 0 Å². The minimum absolute atomic E-state index is 0.554. The third-order valence-corrected chi connectivity index (χ3v) is 10.7. The Kier molecular flexibility index (Phi) is 7.14. The second-order valence-corrected chi connectivity index (χ2v) is 13.9. The van der Waals surface area contributed by atoms with Crippen LogP contribution in [-0.2, 0) is 0 Å². The molecule has 0 bridgehead atoms. The maximum absolute atomic E-state index is 6.57. The average Bonchev–Trinajstić information content (AvgIpc) is 3.64. The largest absolute Gasteiger partial charge is 0.455 e. The number of rotatable bonds is 5. The van der Waals surface area contributed by atoms with Gasteiger partial charge in [-0.3, -0.25) is 0 Å². The van der Waals surface area contributed by atoms with Crippen LogP contribution in [0.3, 0.4) is 0 Å². The number of hydrogen-bond acceptors (Lipinski definition) is 4. The highest BCUT2D eigenvalue weighted by atomic mass is 16.3. The zero-order valence-corrected chi connectivity index (χ0v) is 29.6. The number of aromatic nitrogens is 3. The Hall–Kier alpha value is -7.43. The van der Waals surface area contributed by atoms with Crippen molar-refractivity contribution in [3.05, 3.63) is 188 Å². The van der Waals surface area contributed by atoms with Gasteiger partial charge in [-0.25, -0.2) is 15.0 Å². The van der Waals surface area contributed by atoms with E-state index in [0.29, 0.717) is 17.5 Å². The highest BCUT2D eigenvalue weighted by molar-refractivity contribution is 6.10. The normalized spacial score (nSPS) is 11.6. The third kappa shape index (κ3) is 5.19. The van der Waals surface area contributed by atoms with Gasteiger partial charge in [-0.2, -0.15) is 0 Å². The predicted octanol–water partition coefficient (Wildman–Crippen LogP) is 13.6. The summed E-state index contributed by atoms with van der Waals surface area (Å²) in [7, 11) is 0. The van der Waals surface area contributed by atoms with Crippen molar-refractivity contribution >= 4 is 54.3 Å². The molecular weight excluding hydrogens is 671 g/mol. The maximum atomic E-state index is 6.57. The van der Waals surface area contributed by atoms with Gasteiger partial charge in [-0.1, -0.05) is 164 Å². The smallest absolute Gasteiger partial charge is 0.167 e. The zero-order chi connectivity index (χ0) is 36.3. The predicted molar refractivity (Wildman–Crippen MR) is 227 cm³/mol. The van der Waals surface area contributed by atoms with Gasteiger partial charge >= 0.3 is 0 Å². The standard InChI is InChI=1S/C51H31N3O/c1-2-14-33(15-3-1)37-29-30-44(41-20-9-8-19-40(37)41)49-52-50(45-23-12-22-43-42-21-10-11-24-46(42)55-48(43)45)54-51(53-49)47-38-18-7-6-16-34(38)27-28-39(47)36-26-25-32-13-4-5-17-35(32)31-36/h1-31H. The molecule has 9 aromatic carbocycles. The molecule has 0 spiro atoms. The van der Waals surface area contributed by atoms with Crippen LogP contribution in [0.25, 0.3) is 111 Å². The number of para-hydroxylation sites is 2. The van der Waals surface area contributed by atoms with Crippen LogP contribution >= 0.6 is 0 Å². The molecule has 4 heteroatoms. The van der Waals surface area contributed by atoms with E-state index in [2.05, 4.69) is 170 Å². The monoisotopic (exact) mass is 701 g/mol. The van der Waals surface area contributed by atoms with Crippen molar-refractivity contribution in [1.29, 1.82) is 0 Å². The number of furan rings is 1. The number of nitrogens with zero attached hydrogens (tertiary/aromatic N) is 3. The van der Waals surface area contributed by atoms with E-state index in [4.69, 9.17) is 19.4 Å². The third-order valence-electron chi connectivity index (χ3n) is 10.7. The lowest BCUT2D eigenvalue weighted by Gasteiger charge is -2.16. The number of fused-ring (bicyclic) bond motifs is 6. The molecule has 256 valence electrons. The summed E-state index contributed by atoms with van der Waals surface area (Å²) in [6.07, 6.45) is 0. The SMILES string of the molecule is c1ccc(-c2ccc(-c3nc(-c4c(-c5ccc6ccccc6c5)ccc5ccccc45)nc(-c4cccc5c4oc4ccccc45)n3)c3ccccc23)cc1. The van der Waals surface area contributed by atoms with E-state index < -0.39 is 0 Å². The Bertz CT molecular complexity index is 3270. The van der Waals surface area contributed by atoms with Gasteiger partial charge in [0.25, 0.3) is 0 Å². The summed E-state index contributed by atoms with van der Waals surface area (Å²) >= 11 is 0. The van der Waals surface area contributed by atoms with Gasteiger partial charge in [0, 0.05) is 21.9 Å². The molecule has 55 heavy (non-hydrogen) atoms. The van der Waals surface area contributed by atoms with Crippen molar-refractivity contribution in [2.45, 2.75) is 0 Å². The van der Waals surface area contributed by atoms with Gasteiger partial charge in [0.15, 0.2) is 17.5 Å². The van der Waals surface area contributed by atoms with Crippen LogP contribution < -0.4 is 0 Å². The molecule has 0 aliphatic heterocycles. The molecule has 0 amide bonds. The fourth-order valence-corrected chi connectivity index (χ4v) is 8.13. The second kappa shape index (κ2) is 12.6. The van der Waals surface area contributed by atoms with Gasteiger partial charge in [-0.15, -0.1) is 0 Å². The van der Waals surface area contributed by atoms with Crippen LogP contribution in [0.1, 0.15) is 0 Å². The summed E-state index contributed by atoms with van der Waals surface area (Å²) in [5.74, 6) is 1.75. The molecule has 2 aromatic heterocycles. The van der Waals surface area contributed by atoms with Crippen LogP contribution in [0.15, 0.2) is 192 Å². The highest BCUT2D eigenvalue weighted by Gasteiger charge is 2.22. The van der Waals surface area contributed by atoms with Crippen LogP contribution in [0, 0.1) is 0 Å². The first-order chi connectivity index (χ1) is 27.3. The molecule has 0 saturated heterocycles. The average molecular weight is 702 g/mol. The van der Waals surface area contributed by atoms with Crippen LogP contribution in [0.2, 0.25) is 0 Å². The van der Waals surface area contributed by atoms with Crippen molar-refractivity contribution in [1.82, 2.24) is 15.0 Å². The minimum Gasteiger partial charge on any atom is -0.455 e. The topological polar surface area (TPSA) is 51.8 Å². The first-order valence-corrected chi connectivity index (χ1v) is 18.5. The van der Waals surface area contributed by atoms with Crippen molar-refractivity contribution in [2.24, 2.45) is 0 Å². The molecular formula is C51H31N3O. The first-order valence-electron chi connectivity index (χ1n) is 18.5. The summed E-state index contributed by atoms with van der Waals surface area (Å²) < 4.78 is 6.57. The van der Waals surface area contributed by atoms with E-state index in [9.17, 15) is 0 Å². The molecule has 11 rings (SSSR count). The maximum Gasteiger partial charge on any atom is 0.167 e. The van der Waals surface area contributed by atoms with E-state index >= 15 is 0 Å². The molecule has 0 aliphatic carbocycles. The first kappa shape index (κ1) is 31.1. The van der Waals surface area contributed by atoms with Crippen molar-refractivity contribution in [3.63, 3.8) is 0 Å². The molecule has 0 radical (unpaired) electrons. The lowest BCUT2D eigenvalue weighted by atomic mass is 9.92. The van der Waals surface area contributed by atoms with Crippen molar-refractivity contribution in [2.75, 3.05) is 0 Å². The summed E-state index contributed by atoms with van der Waals surface area (Å²) in [4.78, 5) is 16.1. The molecule has 2 heterocycles. The Morgan fingerprint density at radius 2 is 0.891 bits per heavy atom. The van der Waals surface area contributed by atoms with E-state index in [1.807, 2.05) is 18.2 Å². The fourth-order valence-electron chi connectivity index (χ4n) is 8.13. The van der Waals surface area contributed by atoms with E-state index in [1.165, 1.54) is 10.8 Å². The fraction of sp³-hybridized carbons (Fsp3) is 0. The molecule has 0 atom stereocenters. The summed E-state index contributed by atoms with van der Waals surface area (Å²) in [5, 5.41) is 8.85. The van der Waals surface area contributed by atoms with Gasteiger partial charge in [0.05, 0.1) is 5.56 Å². The quantitative estimate of drug-likeness (QED) is 0.179. The lowest BCUT2D eigenvalue weighted by Crippen LogP contribution is -2.02. The number of benzene rings is 9. The molecule has 4 nitrogen and oxygen atoms in total. The molecule has 0 N–H and O–H groups in total. The van der Waals surface area contributed by atoms with Gasteiger partial charge < -0.3 is 4.42 Å².